The van der Waals surface area contributed by atoms with Crippen LogP contribution in [0, 0.1) is 6.92 Å². The van der Waals surface area contributed by atoms with Crippen LogP contribution in [0.5, 0.6) is 17.2 Å². The Morgan fingerprint density at radius 1 is 1.00 bits per heavy atom. The van der Waals surface area contributed by atoms with Gasteiger partial charge in [0.05, 0.1) is 19.8 Å². The van der Waals surface area contributed by atoms with Gasteiger partial charge >= 0.3 is 6.18 Å². The van der Waals surface area contributed by atoms with E-state index in [9.17, 15) is 13.2 Å². The number of fused-ring (bicyclic) bond motifs is 6. The van der Waals surface area contributed by atoms with Crippen LogP contribution in [0.25, 0.3) is 10.9 Å². The first-order valence-corrected chi connectivity index (χ1v) is 12.7. The fourth-order valence-electron chi connectivity index (χ4n) is 5.87. The van der Waals surface area contributed by atoms with E-state index in [4.69, 9.17) is 14.2 Å². The molecule has 0 spiro atoms. The smallest absolute Gasteiger partial charge is 0.416 e. The highest BCUT2D eigenvalue weighted by Crippen LogP contribution is 2.44. The third-order valence-electron chi connectivity index (χ3n) is 7.81. The molecule has 1 unspecified atom stereocenters. The van der Waals surface area contributed by atoms with Crippen LogP contribution in [0.3, 0.4) is 0 Å². The van der Waals surface area contributed by atoms with Crippen molar-refractivity contribution < 1.29 is 27.4 Å². The molecule has 0 aliphatic carbocycles. The number of rotatable bonds is 5. The number of H-pyrrole nitrogens is 1. The lowest BCUT2D eigenvalue weighted by atomic mass is 9.85. The molecule has 4 aromatic rings. The fourth-order valence-corrected chi connectivity index (χ4v) is 5.87. The molecule has 39 heavy (non-hydrogen) atoms. The second kappa shape index (κ2) is 10.2. The maximum atomic E-state index is 13.7. The van der Waals surface area contributed by atoms with Gasteiger partial charge in [-0.2, -0.15) is 13.2 Å². The van der Waals surface area contributed by atoms with E-state index >= 15 is 0 Å². The van der Waals surface area contributed by atoms with Gasteiger partial charge in [0.25, 0.3) is 0 Å². The number of aromatic nitrogens is 1. The molecule has 3 aromatic carbocycles. The molecule has 1 atom stereocenters. The molecule has 206 valence electrons. The third-order valence-corrected chi connectivity index (χ3v) is 7.81. The monoisotopic (exact) mass is 538 g/mol. The van der Waals surface area contributed by atoms with Crippen LogP contribution in [-0.4, -0.2) is 30.6 Å². The van der Waals surface area contributed by atoms with E-state index in [0.717, 1.165) is 54.2 Å². The Balaban J connectivity index is 0.00000308. The van der Waals surface area contributed by atoms with Crippen molar-refractivity contribution in [1.82, 2.24) is 9.88 Å². The molecular formula is C31H33F3N2O3. The zero-order chi connectivity index (χ0) is 26.6. The largest absolute Gasteiger partial charge is 0.497 e. The van der Waals surface area contributed by atoms with Gasteiger partial charge in [0.1, 0.15) is 12.4 Å². The molecule has 0 bridgehead atoms. The van der Waals surface area contributed by atoms with Crippen molar-refractivity contribution in [2.45, 2.75) is 52.6 Å². The number of nitrogens with zero attached hydrogens (tertiary/aromatic N) is 1. The minimum Gasteiger partial charge on any atom is -0.497 e. The zero-order valence-electron chi connectivity index (χ0n) is 21.5. The highest BCUT2D eigenvalue weighted by molar-refractivity contribution is 5.86. The van der Waals surface area contributed by atoms with E-state index in [2.05, 4.69) is 22.0 Å². The zero-order valence-corrected chi connectivity index (χ0v) is 21.5. The van der Waals surface area contributed by atoms with E-state index in [-0.39, 0.29) is 25.6 Å². The van der Waals surface area contributed by atoms with Crippen molar-refractivity contribution in [2.24, 2.45) is 0 Å². The Kier molecular flexibility index (Phi) is 7.01. The summed E-state index contributed by atoms with van der Waals surface area (Å²) in [7, 11) is 3.23. The van der Waals surface area contributed by atoms with Gasteiger partial charge in [-0.15, -0.1) is 0 Å². The van der Waals surface area contributed by atoms with Crippen LogP contribution in [0.15, 0.2) is 48.5 Å². The molecule has 0 radical (unpaired) electrons. The Morgan fingerprint density at radius 2 is 1.82 bits per heavy atom. The first-order chi connectivity index (χ1) is 18.2. The average molecular weight is 539 g/mol. The molecule has 0 saturated heterocycles. The van der Waals surface area contributed by atoms with Crippen LogP contribution in [0.1, 0.15) is 52.5 Å². The number of aryl methyl sites for hydroxylation is 1. The van der Waals surface area contributed by atoms with E-state index in [1.807, 2.05) is 18.2 Å². The topological polar surface area (TPSA) is 46.7 Å². The molecule has 8 heteroatoms. The lowest BCUT2D eigenvalue weighted by Crippen LogP contribution is -2.39. The van der Waals surface area contributed by atoms with Crippen LogP contribution in [0.4, 0.5) is 13.2 Å². The summed E-state index contributed by atoms with van der Waals surface area (Å²) in [6.07, 6.45) is -2.77. The second-order valence-electron chi connectivity index (χ2n) is 10.1. The summed E-state index contributed by atoms with van der Waals surface area (Å²) in [5.74, 6) is 1.81. The lowest BCUT2D eigenvalue weighted by Gasteiger charge is -2.40. The Morgan fingerprint density at radius 3 is 2.56 bits per heavy atom. The van der Waals surface area contributed by atoms with Crippen molar-refractivity contribution in [3.05, 3.63) is 87.6 Å². The number of alkyl halides is 3. The Hall–Kier alpha value is -3.65. The van der Waals surface area contributed by atoms with Gasteiger partial charge in [-0.05, 0) is 72.9 Å². The third kappa shape index (κ3) is 4.82. The van der Waals surface area contributed by atoms with Crippen molar-refractivity contribution in [1.29, 1.82) is 0 Å². The molecule has 1 aromatic heterocycles. The molecule has 5 nitrogen and oxygen atoms in total. The van der Waals surface area contributed by atoms with Crippen LogP contribution in [-0.2, 0) is 32.2 Å². The summed E-state index contributed by atoms with van der Waals surface area (Å²) in [5.41, 5.74) is 5.89. The van der Waals surface area contributed by atoms with E-state index in [0.29, 0.717) is 17.1 Å². The lowest BCUT2D eigenvalue weighted by molar-refractivity contribution is -0.138. The molecule has 6 rings (SSSR count). The number of hydrogen-bond acceptors (Lipinski definition) is 4. The molecule has 0 fully saturated rings. The van der Waals surface area contributed by atoms with Gasteiger partial charge in [-0.1, -0.05) is 25.1 Å². The molecule has 2 aliphatic heterocycles. The van der Waals surface area contributed by atoms with Crippen molar-refractivity contribution in [3.8, 4) is 17.2 Å². The van der Waals surface area contributed by atoms with Crippen LogP contribution >= 0.6 is 0 Å². The van der Waals surface area contributed by atoms with Crippen LogP contribution < -0.4 is 14.2 Å². The quantitative estimate of drug-likeness (QED) is 0.288. The molecular weight excluding hydrogens is 505 g/mol. The molecule has 0 saturated carbocycles. The number of methoxy groups -OCH3 is 2. The summed E-state index contributed by atoms with van der Waals surface area (Å²) in [5, 5.41) is 1.16. The highest BCUT2D eigenvalue weighted by atomic mass is 19.4. The average Bonchev–Trinajstić information content (AvgIpc) is 3.26. The number of nitrogens with one attached hydrogen (secondary N) is 1. The van der Waals surface area contributed by atoms with E-state index < -0.39 is 11.7 Å². The molecule has 2 aliphatic rings. The summed E-state index contributed by atoms with van der Waals surface area (Å²) in [6, 6.07) is 14.5. The molecule has 3 heterocycles. The Bertz CT molecular complexity index is 1530. The molecule has 1 N–H and O–H groups in total. The van der Waals surface area contributed by atoms with Crippen molar-refractivity contribution in [3.63, 3.8) is 0 Å². The first-order valence-electron chi connectivity index (χ1n) is 12.7. The normalized spacial score (nSPS) is 16.6. The minimum absolute atomic E-state index is 0. The predicted molar refractivity (Wildman–Crippen MR) is 146 cm³/mol. The number of benzene rings is 3. The van der Waals surface area contributed by atoms with Gasteiger partial charge < -0.3 is 19.2 Å². The molecule has 0 amide bonds. The van der Waals surface area contributed by atoms with Gasteiger partial charge in [-0.3, -0.25) is 4.90 Å². The minimum atomic E-state index is -4.45. The van der Waals surface area contributed by atoms with E-state index in [1.54, 1.807) is 27.2 Å². The van der Waals surface area contributed by atoms with Gasteiger partial charge in [-0.25, -0.2) is 0 Å². The summed E-state index contributed by atoms with van der Waals surface area (Å²) < 4.78 is 58.1. The number of halogens is 3. The van der Waals surface area contributed by atoms with E-state index in [1.165, 1.54) is 22.9 Å². The summed E-state index contributed by atoms with van der Waals surface area (Å²) in [4.78, 5) is 6.03. The maximum Gasteiger partial charge on any atom is 0.416 e. The maximum absolute atomic E-state index is 13.7. The Labute approximate surface area is 226 Å². The number of ether oxygens (including phenoxy) is 3. The second-order valence-corrected chi connectivity index (χ2v) is 10.1. The summed E-state index contributed by atoms with van der Waals surface area (Å²) >= 11 is 0. The van der Waals surface area contributed by atoms with Crippen molar-refractivity contribution >= 4 is 10.9 Å². The standard InChI is InChI=1S/C30H29F3N2O3.CH4/c1-17-4-5-19(24(10-17)30(31,32)33)16-38-29-14-21-18(11-28(29)37-3)8-9-35-15-26-23(13-27(21)35)22-12-20(36-2)6-7-25(22)34-26;/h4-7,10-12,14,27,34H,8-9,13,15-16H2,1-3H3;1H4. The van der Waals surface area contributed by atoms with Gasteiger partial charge in [0, 0.05) is 41.3 Å². The SMILES string of the molecule is C.COc1ccc2[nH]c3c(c2c1)CC1c2cc(OCc4ccc(C)cc4C(F)(F)F)c(OC)cc2CCN1C3. The van der Waals surface area contributed by atoms with Crippen LogP contribution in [0.2, 0.25) is 0 Å². The fraction of sp³-hybridized carbons (Fsp3) is 0.355. The van der Waals surface area contributed by atoms with Gasteiger partial charge in [0.2, 0.25) is 0 Å². The van der Waals surface area contributed by atoms with Crippen molar-refractivity contribution in [2.75, 3.05) is 20.8 Å². The predicted octanol–water partition coefficient (Wildman–Crippen LogP) is 7.38. The first kappa shape index (κ1) is 26.9. The number of hydrogen-bond donors (Lipinski definition) is 1. The highest BCUT2D eigenvalue weighted by Gasteiger charge is 2.36. The number of aromatic amines is 1. The summed E-state index contributed by atoms with van der Waals surface area (Å²) in [6.45, 7) is 3.16. The van der Waals surface area contributed by atoms with Gasteiger partial charge in [0.15, 0.2) is 11.5 Å².